The summed E-state index contributed by atoms with van der Waals surface area (Å²) >= 11 is 0. The molecule has 0 amide bonds. The van der Waals surface area contributed by atoms with E-state index >= 15 is 0 Å². The van der Waals surface area contributed by atoms with E-state index in [1.165, 1.54) is 6.08 Å². The maximum Gasteiger partial charge on any atom is 0.330 e. The van der Waals surface area contributed by atoms with Crippen LogP contribution in [0, 0.1) is 0 Å². The van der Waals surface area contributed by atoms with Gasteiger partial charge < -0.3 is 9.16 Å². The summed E-state index contributed by atoms with van der Waals surface area (Å²) in [7, 11) is -0.850. The molecule has 0 aromatic rings. The minimum absolute atomic E-state index is 0.247. The van der Waals surface area contributed by atoms with E-state index in [0.29, 0.717) is 6.61 Å². The smallest absolute Gasteiger partial charge is 0.330 e. The highest BCUT2D eigenvalue weighted by molar-refractivity contribution is 6.48. The average Bonchev–Trinajstić information content (AvgIpc) is 2.16. The molecule has 0 N–H and O–H groups in total. The molecule has 0 spiro atoms. The Morgan fingerprint density at radius 1 is 1.20 bits per heavy atom. The van der Waals surface area contributed by atoms with Gasteiger partial charge in [0.1, 0.15) is 0 Å². The lowest BCUT2D eigenvalue weighted by atomic mass is 10.2. The van der Waals surface area contributed by atoms with E-state index in [4.69, 9.17) is 9.16 Å². The Hall–Kier alpha value is -0.613. The van der Waals surface area contributed by atoms with Crippen molar-refractivity contribution < 1.29 is 14.0 Å². The molecular formula is C11H22O3Si. The molecule has 0 aromatic heterocycles. The molecule has 0 fully saturated rings. The number of hydrogen-bond acceptors (Lipinski definition) is 3. The normalized spacial score (nSPS) is 11.2. The van der Waals surface area contributed by atoms with Crippen LogP contribution in [0.3, 0.4) is 0 Å². The standard InChI is InChI=1S/C11H22O3Si/c1-4-8-11(12)13-9-6-5-7-10-14-15(2)3/h4,8,15H,5-7,9-10H2,1-3H3. The van der Waals surface area contributed by atoms with Crippen LogP contribution in [0.1, 0.15) is 26.2 Å². The maximum absolute atomic E-state index is 10.9. The summed E-state index contributed by atoms with van der Waals surface area (Å²) < 4.78 is 10.5. The van der Waals surface area contributed by atoms with Crippen LogP contribution in [0.5, 0.6) is 0 Å². The Bertz CT molecular complexity index is 190. The number of hydrogen-bond donors (Lipinski definition) is 0. The topological polar surface area (TPSA) is 35.5 Å². The van der Waals surface area contributed by atoms with Crippen molar-refractivity contribution in [2.24, 2.45) is 0 Å². The summed E-state index contributed by atoms with van der Waals surface area (Å²) in [6.45, 7) is 7.50. The first-order valence-electron chi connectivity index (χ1n) is 5.58. The Labute approximate surface area is 94.2 Å². The van der Waals surface area contributed by atoms with Crippen molar-refractivity contribution in [3.63, 3.8) is 0 Å². The van der Waals surface area contributed by atoms with Crippen LogP contribution in [0.25, 0.3) is 0 Å². The van der Waals surface area contributed by atoms with Gasteiger partial charge in [0.15, 0.2) is 9.04 Å². The van der Waals surface area contributed by atoms with E-state index in [2.05, 4.69) is 13.1 Å². The van der Waals surface area contributed by atoms with Crippen molar-refractivity contribution >= 4 is 15.0 Å². The van der Waals surface area contributed by atoms with E-state index in [0.717, 1.165) is 25.9 Å². The molecule has 88 valence electrons. The van der Waals surface area contributed by atoms with E-state index < -0.39 is 9.04 Å². The van der Waals surface area contributed by atoms with Crippen LogP contribution >= 0.6 is 0 Å². The van der Waals surface area contributed by atoms with Gasteiger partial charge in [0.2, 0.25) is 0 Å². The molecule has 15 heavy (non-hydrogen) atoms. The van der Waals surface area contributed by atoms with E-state index in [9.17, 15) is 4.79 Å². The fourth-order valence-electron chi connectivity index (χ4n) is 1.06. The summed E-state index contributed by atoms with van der Waals surface area (Å²) in [4.78, 5) is 10.9. The van der Waals surface area contributed by atoms with Gasteiger partial charge in [-0.15, -0.1) is 0 Å². The summed E-state index contributed by atoms with van der Waals surface area (Å²) in [5.41, 5.74) is 0. The second kappa shape index (κ2) is 9.92. The lowest BCUT2D eigenvalue weighted by molar-refractivity contribution is -0.137. The Balaban J connectivity index is 3.15. The van der Waals surface area contributed by atoms with Crippen LogP contribution < -0.4 is 0 Å². The molecule has 0 aliphatic heterocycles. The highest BCUT2D eigenvalue weighted by atomic mass is 28.3. The van der Waals surface area contributed by atoms with Crippen LogP contribution in [0.2, 0.25) is 13.1 Å². The third-order valence-electron chi connectivity index (χ3n) is 1.79. The van der Waals surface area contributed by atoms with Crippen LogP contribution in [0.15, 0.2) is 12.2 Å². The van der Waals surface area contributed by atoms with E-state index in [1.807, 2.05) is 0 Å². The lowest BCUT2D eigenvalue weighted by Gasteiger charge is -2.06. The highest BCUT2D eigenvalue weighted by Gasteiger charge is 1.97. The monoisotopic (exact) mass is 230 g/mol. The van der Waals surface area contributed by atoms with Crippen LogP contribution in [-0.4, -0.2) is 28.2 Å². The Morgan fingerprint density at radius 3 is 2.47 bits per heavy atom. The first kappa shape index (κ1) is 14.4. The first-order valence-corrected chi connectivity index (χ1v) is 8.36. The molecule has 0 aliphatic rings. The molecule has 0 rings (SSSR count). The average molecular weight is 230 g/mol. The molecule has 0 aromatic carbocycles. The third kappa shape index (κ3) is 11.3. The van der Waals surface area contributed by atoms with E-state index in [1.54, 1.807) is 13.0 Å². The van der Waals surface area contributed by atoms with Crippen molar-refractivity contribution in [3.8, 4) is 0 Å². The van der Waals surface area contributed by atoms with Crippen molar-refractivity contribution in [2.75, 3.05) is 13.2 Å². The SMILES string of the molecule is CC=CC(=O)OCCCCCO[SiH](C)C. The van der Waals surface area contributed by atoms with Gasteiger partial charge >= 0.3 is 5.97 Å². The predicted octanol–water partition coefficient (Wildman–Crippen LogP) is 2.28. The van der Waals surface area contributed by atoms with Gasteiger partial charge in [-0.1, -0.05) is 6.08 Å². The molecule has 0 radical (unpaired) electrons. The van der Waals surface area contributed by atoms with Gasteiger partial charge in [0.25, 0.3) is 0 Å². The molecule has 3 nitrogen and oxygen atoms in total. The number of esters is 1. The van der Waals surface area contributed by atoms with Gasteiger partial charge in [-0.3, -0.25) is 0 Å². The second-order valence-corrected chi connectivity index (χ2v) is 6.08. The van der Waals surface area contributed by atoms with Gasteiger partial charge in [0, 0.05) is 12.7 Å². The van der Waals surface area contributed by atoms with Crippen molar-refractivity contribution in [1.82, 2.24) is 0 Å². The second-order valence-electron chi connectivity index (χ2n) is 3.65. The van der Waals surface area contributed by atoms with Crippen LogP contribution in [-0.2, 0) is 14.0 Å². The number of unbranched alkanes of at least 4 members (excludes halogenated alkanes) is 2. The van der Waals surface area contributed by atoms with Crippen molar-refractivity contribution in [2.45, 2.75) is 39.3 Å². The minimum Gasteiger partial charge on any atom is -0.463 e. The Kier molecular flexibility index (Phi) is 9.52. The number of carbonyl (C=O) groups excluding carboxylic acids is 1. The number of rotatable bonds is 8. The van der Waals surface area contributed by atoms with Gasteiger partial charge in [-0.25, -0.2) is 4.79 Å². The fourth-order valence-corrected chi connectivity index (χ4v) is 1.69. The third-order valence-corrected chi connectivity index (χ3v) is 2.69. The van der Waals surface area contributed by atoms with Gasteiger partial charge in [0.05, 0.1) is 6.61 Å². The molecular weight excluding hydrogens is 208 g/mol. The molecule has 0 bridgehead atoms. The number of allylic oxidation sites excluding steroid dienone is 1. The summed E-state index contributed by atoms with van der Waals surface area (Å²) in [5, 5.41) is 0. The molecule has 0 unspecified atom stereocenters. The largest absolute Gasteiger partial charge is 0.463 e. The van der Waals surface area contributed by atoms with Gasteiger partial charge in [-0.2, -0.15) is 0 Å². The minimum atomic E-state index is -0.850. The van der Waals surface area contributed by atoms with E-state index in [-0.39, 0.29) is 5.97 Å². The van der Waals surface area contributed by atoms with Crippen molar-refractivity contribution in [3.05, 3.63) is 12.2 Å². The first-order chi connectivity index (χ1) is 7.16. The zero-order valence-corrected chi connectivity index (χ0v) is 11.1. The number of carbonyl (C=O) groups is 1. The molecule has 0 saturated heterocycles. The molecule has 0 heterocycles. The van der Waals surface area contributed by atoms with Crippen molar-refractivity contribution in [1.29, 1.82) is 0 Å². The van der Waals surface area contributed by atoms with Crippen LogP contribution in [0.4, 0.5) is 0 Å². The fraction of sp³-hybridized carbons (Fsp3) is 0.727. The predicted molar refractivity (Wildman–Crippen MR) is 64.5 cm³/mol. The molecule has 0 atom stereocenters. The summed E-state index contributed by atoms with van der Waals surface area (Å²) in [6, 6.07) is 0. The van der Waals surface area contributed by atoms with Gasteiger partial charge in [-0.05, 0) is 39.3 Å². The number of ether oxygens (including phenoxy) is 1. The lowest BCUT2D eigenvalue weighted by Crippen LogP contribution is -2.09. The summed E-state index contributed by atoms with van der Waals surface area (Å²) in [6.07, 6.45) is 6.17. The highest BCUT2D eigenvalue weighted by Crippen LogP contribution is 1.98. The Morgan fingerprint density at radius 2 is 1.87 bits per heavy atom. The quantitative estimate of drug-likeness (QED) is 0.278. The molecule has 4 heteroatoms. The zero-order valence-electron chi connectivity index (χ0n) is 9.99. The maximum atomic E-state index is 10.9. The molecule has 0 saturated carbocycles. The molecule has 0 aliphatic carbocycles. The zero-order chi connectivity index (χ0) is 11.5. The summed E-state index contributed by atoms with van der Waals surface area (Å²) in [5.74, 6) is -0.247.